The number of likely N-dealkylation sites (N-methyl/N-ethyl adjacent to an activating group) is 1. The standard InChI is InChI=1S/C18H18FNO3/c1-2-20(18(21)14-7-3-4-8-15(14)19)11-13-12-22-16-9-5-6-10-17(16)23-13/h3-10,13H,2,11-12H2,1H3. The number of ether oxygens (including phenoxy) is 2. The second-order valence-electron chi connectivity index (χ2n) is 5.32. The molecule has 1 unspecified atom stereocenters. The summed E-state index contributed by atoms with van der Waals surface area (Å²) in [4.78, 5) is 14.1. The van der Waals surface area contributed by atoms with Gasteiger partial charge in [0.2, 0.25) is 0 Å². The molecule has 0 aromatic heterocycles. The summed E-state index contributed by atoms with van der Waals surface area (Å²) < 4.78 is 25.3. The normalized spacial score (nSPS) is 16.0. The van der Waals surface area contributed by atoms with Crippen molar-refractivity contribution in [2.24, 2.45) is 0 Å². The molecule has 0 fully saturated rings. The number of halogens is 1. The van der Waals surface area contributed by atoms with Crippen molar-refractivity contribution in [2.45, 2.75) is 13.0 Å². The zero-order valence-corrected chi connectivity index (χ0v) is 12.9. The van der Waals surface area contributed by atoms with Gasteiger partial charge in [0.1, 0.15) is 12.4 Å². The molecule has 0 saturated heterocycles. The molecule has 2 aromatic rings. The number of para-hydroxylation sites is 2. The molecular formula is C18H18FNO3. The molecule has 0 aliphatic carbocycles. The number of fused-ring (bicyclic) bond motifs is 1. The van der Waals surface area contributed by atoms with Gasteiger partial charge in [-0.05, 0) is 31.2 Å². The van der Waals surface area contributed by atoms with Crippen molar-refractivity contribution in [1.29, 1.82) is 0 Å². The Bertz CT molecular complexity index is 704. The van der Waals surface area contributed by atoms with Crippen molar-refractivity contribution in [3.63, 3.8) is 0 Å². The summed E-state index contributed by atoms with van der Waals surface area (Å²) in [5.74, 6) is 0.514. The molecule has 5 heteroatoms. The van der Waals surface area contributed by atoms with Gasteiger partial charge in [0.25, 0.3) is 5.91 Å². The summed E-state index contributed by atoms with van der Waals surface area (Å²) in [5, 5.41) is 0. The van der Waals surface area contributed by atoms with Gasteiger partial charge in [-0.3, -0.25) is 4.79 Å². The van der Waals surface area contributed by atoms with E-state index in [2.05, 4.69) is 0 Å². The monoisotopic (exact) mass is 315 g/mol. The summed E-state index contributed by atoms with van der Waals surface area (Å²) in [7, 11) is 0. The molecule has 1 aliphatic rings. The Hall–Kier alpha value is -2.56. The van der Waals surface area contributed by atoms with E-state index < -0.39 is 5.82 Å². The molecular weight excluding hydrogens is 297 g/mol. The van der Waals surface area contributed by atoms with Crippen LogP contribution < -0.4 is 9.47 Å². The van der Waals surface area contributed by atoms with Gasteiger partial charge in [-0.1, -0.05) is 24.3 Å². The van der Waals surface area contributed by atoms with Gasteiger partial charge in [-0.2, -0.15) is 0 Å². The van der Waals surface area contributed by atoms with E-state index in [9.17, 15) is 9.18 Å². The van der Waals surface area contributed by atoms with Crippen LogP contribution in [0.3, 0.4) is 0 Å². The minimum atomic E-state index is -0.512. The Labute approximate surface area is 134 Å². The molecule has 23 heavy (non-hydrogen) atoms. The predicted octanol–water partition coefficient (Wildman–Crippen LogP) is 3.13. The number of rotatable bonds is 4. The fraction of sp³-hybridized carbons (Fsp3) is 0.278. The van der Waals surface area contributed by atoms with E-state index in [1.54, 1.807) is 17.0 Å². The number of nitrogens with zero attached hydrogens (tertiary/aromatic N) is 1. The van der Waals surface area contributed by atoms with Gasteiger partial charge < -0.3 is 14.4 Å². The fourth-order valence-corrected chi connectivity index (χ4v) is 2.56. The van der Waals surface area contributed by atoms with E-state index in [1.807, 2.05) is 31.2 Å². The lowest BCUT2D eigenvalue weighted by Gasteiger charge is -2.31. The van der Waals surface area contributed by atoms with Crippen LogP contribution in [0.1, 0.15) is 17.3 Å². The highest BCUT2D eigenvalue weighted by Gasteiger charge is 2.26. The Morgan fingerprint density at radius 3 is 2.61 bits per heavy atom. The van der Waals surface area contributed by atoms with Gasteiger partial charge in [-0.25, -0.2) is 4.39 Å². The number of hydrogen-bond acceptors (Lipinski definition) is 3. The highest BCUT2D eigenvalue weighted by Crippen LogP contribution is 2.31. The maximum Gasteiger partial charge on any atom is 0.256 e. The minimum Gasteiger partial charge on any atom is -0.486 e. The molecule has 1 heterocycles. The Morgan fingerprint density at radius 2 is 1.87 bits per heavy atom. The van der Waals surface area contributed by atoms with Gasteiger partial charge in [0, 0.05) is 6.54 Å². The first-order valence-electron chi connectivity index (χ1n) is 7.61. The van der Waals surface area contributed by atoms with Crippen molar-refractivity contribution in [2.75, 3.05) is 19.7 Å². The minimum absolute atomic E-state index is 0.0754. The lowest BCUT2D eigenvalue weighted by atomic mass is 10.1. The lowest BCUT2D eigenvalue weighted by molar-refractivity contribution is 0.0472. The smallest absolute Gasteiger partial charge is 0.256 e. The molecule has 4 nitrogen and oxygen atoms in total. The third-order valence-corrected chi connectivity index (χ3v) is 3.76. The van der Waals surface area contributed by atoms with Crippen LogP contribution in [0.5, 0.6) is 11.5 Å². The van der Waals surface area contributed by atoms with Crippen LogP contribution in [0.25, 0.3) is 0 Å². The van der Waals surface area contributed by atoms with E-state index in [-0.39, 0.29) is 17.6 Å². The molecule has 2 aromatic carbocycles. The zero-order chi connectivity index (χ0) is 16.2. The zero-order valence-electron chi connectivity index (χ0n) is 12.9. The summed E-state index contributed by atoms with van der Waals surface area (Å²) in [6, 6.07) is 13.4. The Kier molecular flexibility index (Phi) is 4.46. The molecule has 0 bridgehead atoms. The first-order chi connectivity index (χ1) is 11.2. The summed E-state index contributed by atoms with van der Waals surface area (Å²) >= 11 is 0. The quantitative estimate of drug-likeness (QED) is 0.870. The summed E-state index contributed by atoms with van der Waals surface area (Å²) in [5.41, 5.74) is 0.0754. The van der Waals surface area contributed by atoms with Gasteiger partial charge >= 0.3 is 0 Å². The Balaban J connectivity index is 1.71. The van der Waals surface area contributed by atoms with E-state index in [0.29, 0.717) is 31.2 Å². The maximum atomic E-state index is 13.8. The lowest BCUT2D eigenvalue weighted by Crippen LogP contribution is -2.43. The van der Waals surface area contributed by atoms with Crippen molar-refractivity contribution >= 4 is 5.91 Å². The summed E-state index contributed by atoms with van der Waals surface area (Å²) in [6.45, 7) is 3.03. The largest absolute Gasteiger partial charge is 0.486 e. The third-order valence-electron chi connectivity index (χ3n) is 3.76. The molecule has 1 atom stereocenters. The van der Waals surface area contributed by atoms with Gasteiger partial charge in [0.05, 0.1) is 12.1 Å². The van der Waals surface area contributed by atoms with E-state index in [1.165, 1.54) is 12.1 Å². The summed E-state index contributed by atoms with van der Waals surface area (Å²) in [6.07, 6.45) is -0.277. The number of benzene rings is 2. The van der Waals surface area contributed by atoms with Crippen LogP contribution in [-0.4, -0.2) is 36.6 Å². The van der Waals surface area contributed by atoms with Crippen LogP contribution in [0.2, 0.25) is 0 Å². The van der Waals surface area contributed by atoms with Crippen molar-refractivity contribution < 1.29 is 18.7 Å². The van der Waals surface area contributed by atoms with Crippen molar-refractivity contribution in [3.05, 3.63) is 59.9 Å². The number of amides is 1. The van der Waals surface area contributed by atoms with Crippen LogP contribution >= 0.6 is 0 Å². The average Bonchev–Trinajstić information content (AvgIpc) is 2.59. The predicted molar refractivity (Wildman–Crippen MR) is 84.3 cm³/mol. The molecule has 1 aliphatic heterocycles. The first-order valence-corrected chi connectivity index (χ1v) is 7.61. The second-order valence-corrected chi connectivity index (χ2v) is 5.32. The van der Waals surface area contributed by atoms with E-state index >= 15 is 0 Å². The first kappa shape index (κ1) is 15.3. The number of hydrogen-bond donors (Lipinski definition) is 0. The third kappa shape index (κ3) is 3.28. The molecule has 3 rings (SSSR count). The topological polar surface area (TPSA) is 38.8 Å². The number of carbonyl (C=O) groups excluding carboxylic acids is 1. The highest BCUT2D eigenvalue weighted by molar-refractivity contribution is 5.94. The average molecular weight is 315 g/mol. The second kappa shape index (κ2) is 6.69. The van der Waals surface area contributed by atoms with Gasteiger partial charge in [0.15, 0.2) is 17.6 Å². The molecule has 0 radical (unpaired) electrons. The highest BCUT2D eigenvalue weighted by atomic mass is 19.1. The maximum absolute atomic E-state index is 13.8. The molecule has 0 saturated carbocycles. The fourth-order valence-electron chi connectivity index (χ4n) is 2.56. The molecule has 120 valence electrons. The SMILES string of the molecule is CCN(CC1COc2ccccc2O1)C(=O)c1ccccc1F. The molecule has 0 spiro atoms. The van der Waals surface area contributed by atoms with Crippen molar-refractivity contribution in [3.8, 4) is 11.5 Å². The van der Waals surface area contributed by atoms with Crippen LogP contribution in [0, 0.1) is 5.82 Å². The number of carbonyl (C=O) groups is 1. The van der Waals surface area contributed by atoms with E-state index in [4.69, 9.17) is 9.47 Å². The van der Waals surface area contributed by atoms with Crippen LogP contribution in [0.4, 0.5) is 4.39 Å². The molecule has 0 N–H and O–H groups in total. The van der Waals surface area contributed by atoms with Crippen molar-refractivity contribution in [1.82, 2.24) is 4.90 Å². The van der Waals surface area contributed by atoms with Crippen LogP contribution in [-0.2, 0) is 0 Å². The van der Waals surface area contributed by atoms with E-state index in [0.717, 1.165) is 0 Å². The van der Waals surface area contributed by atoms with Gasteiger partial charge in [-0.15, -0.1) is 0 Å². The molecule has 1 amide bonds. The Morgan fingerprint density at radius 1 is 1.17 bits per heavy atom. The van der Waals surface area contributed by atoms with Crippen LogP contribution in [0.15, 0.2) is 48.5 Å².